The molecule has 2 aromatic carbocycles. The number of aryl methyl sites for hydroxylation is 1. The highest BCUT2D eigenvalue weighted by molar-refractivity contribution is 5.98. The minimum absolute atomic E-state index is 0. The van der Waals surface area contributed by atoms with E-state index in [4.69, 9.17) is 11.1 Å². The molecule has 31 heavy (non-hydrogen) atoms. The van der Waals surface area contributed by atoms with Crippen molar-refractivity contribution in [1.29, 1.82) is 5.41 Å². The second-order valence-corrected chi connectivity index (χ2v) is 7.40. The summed E-state index contributed by atoms with van der Waals surface area (Å²) in [5.74, 6) is 6.00. The van der Waals surface area contributed by atoms with Gasteiger partial charge in [0, 0.05) is 42.4 Å². The lowest BCUT2D eigenvalue weighted by Crippen LogP contribution is -2.29. The standard InChI is InChI=1S/C24H26N4O2.ClH/c1-17-15-19(10-11-22(17)24(30)27-12-3-4-13-27)7-6-14-28(18(2)29)21-9-5-8-20(16-21)23(25)26;/h5,8-11,15-16H,3-4,12-14H2,1-2H3,(H3,25,26);1H. The van der Waals surface area contributed by atoms with Crippen molar-refractivity contribution in [2.75, 3.05) is 24.5 Å². The zero-order chi connectivity index (χ0) is 21.7. The molecule has 1 fully saturated rings. The highest BCUT2D eigenvalue weighted by atomic mass is 35.5. The van der Waals surface area contributed by atoms with Crippen LogP contribution >= 0.6 is 12.4 Å². The average Bonchev–Trinajstić information content (AvgIpc) is 3.25. The van der Waals surface area contributed by atoms with Crippen molar-refractivity contribution in [3.63, 3.8) is 0 Å². The van der Waals surface area contributed by atoms with Gasteiger partial charge in [0.05, 0.1) is 6.54 Å². The van der Waals surface area contributed by atoms with Crippen molar-refractivity contribution in [2.24, 2.45) is 5.73 Å². The first-order valence-corrected chi connectivity index (χ1v) is 9.98. The molecule has 0 spiro atoms. The maximum absolute atomic E-state index is 12.6. The smallest absolute Gasteiger partial charge is 0.254 e. The molecule has 162 valence electrons. The van der Waals surface area contributed by atoms with Crippen molar-refractivity contribution >= 4 is 35.7 Å². The van der Waals surface area contributed by atoms with Crippen LogP contribution in [0.15, 0.2) is 42.5 Å². The number of likely N-dealkylation sites (tertiary alicyclic amines) is 1. The van der Waals surface area contributed by atoms with E-state index in [1.807, 2.05) is 30.0 Å². The van der Waals surface area contributed by atoms with Gasteiger partial charge in [0.1, 0.15) is 5.84 Å². The molecule has 0 bridgehead atoms. The van der Waals surface area contributed by atoms with E-state index < -0.39 is 0 Å². The summed E-state index contributed by atoms with van der Waals surface area (Å²) in [4.78, 5) is 28.1. The Kier molecular flexibility index (Phi) is 8.23. The topological polar surface area (TPSA) is 90.5 Å². The SMILES string of the molecule is CC(=O)N(CC#Cc1ccc(C(=O)N2CCCC2)c(C)c1)c1cccc(C(=N)N)c1.Cl. The Morgan fingerprint density at radius 2 is 1.87 bits per heavy atom. The second-order valence-electron chi connectivity index (χ2n) is 7.40. The lowest BCUT2D eigenvalue weighted by Gasteiger charge is -2.19. The van der Waals surface area contributed by atoms with Crippen LogP contribution in [0, 0.1) is 24.2 Å². The first-order chi connectivity index (χ1) is 14.4. The first-order valence-electron chi connectivity index (χ1n) is 9.98. The van der Waals surface area contributed by atoms with Crippen LogP contribution in [0.1, 0.15) is 46.8 Å². The molecule has 0 atom stereocenters. The normalized spacial score (nSPS) is 12.4. The summed E-state index contributed by atoms with van der Waals surface area (Å²) in [6.45, 7) is 5.26. The van der Waals surface area contributed by atoms with Gasteiger partial charge < -0.3 is 15.5 Å². The van der Waals surface area contributed by atoms with Crippen LogP contribution in [0.5, 0.6) is 0 Å². The largest absolute Gasteiger partial charge is 0.384 e. The summed E-state index contributed by atoms with van der Waals surface area (Å²) in [7, 11) is 0. The Morgan fingerprint density at radius 1 is 1.16 bits per heavy atom. The fourth-order valence-electron chi connectivity index (χ4n) is 3.52. The molecule has 6 nitrogen and oxygen atoms in total. The molecule has 0 unspecified atom stereocenters. The van der Waals surface area contributed by atoms with Crippen LogP contribution < -0.4 is 10.6 Å². The third-order valence-electron chi connectivity index (χ3n) is 5.17. The Labute approximate surface area is 189 Å². The number of rotatable bonds is 4. The molecular formula is C24H27ClN4O2. The maximum Gasteiger partial charge on any atom is 0.254 e. The molecule has 3 rings (SSSR count). The number of carbonyl (C=O) groups excluding carboxylic acids is 2. The quantitative estimate of drug-likeness (QED) is 0.435. The van der Waals surface area contributed by atoms with E-state index in [0.29, 0.717) is 16.8 Å². The molecule has 0 aromatic heterocycles. The van der Waals surface area contributed by atoms with E-state index in [9.17, 15) is 9.59 Å². The average molecular weight is 439 g/mol. The van der Waals surface area contributed by atoms with Gasteiger partial charge in [-0.2, -0.15) is 0 Å². The first kappa shape index (κ1) is 24.0. The van der Waals surface area contributed by atoms with Gasteiger partial charge in [-0.25, -0.2) is 0 Å². The number of nitrogens with zero attached hydrogens (tertiary/aromatic N) is 2. The lowest BCUT2D eigenvalue weighted by atomic mass is 10.0. The monoisotopic (exact) mass is 438 g/mol. The van der Waals surface area contributed by atoms with Crippen LogP contribution in [0.25, 0.3) is 0 Å². The highest BCUT2D eigenvalue weighted by Gasteiger charge is 2.20. The Bertz CT molecular complexity index is 1050. The van der Waals surface area contributed by atoms with E-state index in [1.165, 1.54) is 11.8 Å². The number of halogens is 1. The van der Waals surface area contributed by atoms with Crippen LogP contribution in [0.4, 0.5) is 5.69 Å². The predicted molar refractivity (Wildman–Crippen MR) is 126 cm³/mol. The van der Waals surface area contributed by atoms with Gasteiger partial charge in [-0.3, -0.25) is 15.0 Å². The van der Waals surface area contributed by atoms with Gasteiger partial charge in [0.2, 0.25) is 5.91 Å². The third-order valence-corrected chi connectivity index (χ3v) is 5.17. The second kappa shape index (κ2) is 10.6. The number of carbonyl (C=O) groups is 2. The molecule has 1 saturated heterocycles. The number of anilines is 1. The minimum atomic E-state index is -0.146. The van der Waals surface area contributed by atoms with Crippen molar-refractivity contribution < 1.29 is 9.59 Å². The van der Waals surface area contributed by atoms with Gasteiger partial charge >= 0.3 is 0 Å². The Morgan fingerprint density at radius 3 is 2.48 bits per heavy atom. The summed E-state index contributed by atoms with van der Waals surface area (Å²) in [5.41, 5.74) is 9.16. The van der Waals surface area contributed by atoms with E-state index in [0.717, 1.165) is 37.1 Å². The van der Waals surface area contributed by atoms with Gasteiger partial charge in [-0.15, -0.1) is 12.4 Å². The third kappa shape index (κ3) is 5.87. The van der Waals surface area contributed by atoms with Crippen LogP contribution in [0.2, 0.25) is 0 Å². The minimum Gasteiger partial charge on any atom is -0.384 e. The molecule has 1 aliphatic heterocycles. The van der Waals surface area contributed by atoms with Crippen molar-refractivity contribution in [3.05, 3.63) is 64.7 Å². The summed E-state index contributed by atoms with van der Waals surface area (Å²) >= 11 is 0. The Hall–Kier alpha value is -3.30. The molecule has 0 aliphatic carbocycles. The summed E-state index contributed by atoms with van der Waals surface area (Å²) in [6.07, 6.45) is 2.13. The van der Waals surface area contributed by atoms with E-state index in [-0.39, 0.29) is 36.6 Å². The summed E-state index contributed by atoms with van der Waals surface area (Å²) in [5, 5.41) is 7.57. The number of hydrogen-bond acceptors (Lipinski definition) is 3. The number of nitrogens with one attached hydrogen (secondary N) is 1. The van der Waals surface area contributed by atoms with E-state index in [2.05, 4.69) is 11.8 Å². The highest BCUT2D eigenvalue weighted by Crippen LogP contribution is 2.18. The number of hydrogen-bond donors (Lipinski definition) is 2. The molecule has 1 heterocycles. The van der Waals surface area contributed by atoms with E-state index in [1.54, 1.807) is 24.3 Å². The zero-order valence-corrected chi connectivity index (χ0v) is 18.6. The van der Waals surface area contributed by atoms with Gasteiger partial charge in [-0.05, 0) is 55.7 Å². The number of benzene rings is 2. The fraction of sp³-hybridized carbons (Fsp3) is 0.292. The van der Waals surface area contributed by atoms with Crippen LogP contribution in [-0.2, 0) is 4.79 Å². The number of amides is 2. The summed E-state index contributed by atoms with van der Waals surface area (Å²) in [6, 6.07) is 12.6. The molecule has 0 saturated carbocycles. The number of nitrogen functional groups attached to an aromatic ring is 1. The van der Waals surface area contributed by atoms with Crippen LogP contribution in [-0.4, -0.2) is 42.2 Å². The fourth-order valence-corrected chi connectivity index (χ4v) is 3.52. The summed E-state index contributed by atoms with van der Waals surface area (Å²) < 4.78 is 0. The molecule has 3 N–H and O–H groups in total. The molecule has 0 radical (unpaired) electrons. The number of amidine groups is 1. The van der Waals surface area contributed by atoms with Crippen molar-refractivity contribution in [3.8, 4) is 11.8 Å². The maximum atomic E-state index is 12.6. The van der Waals surface area contributed by atoms with Crippen molar-refractivity contribution in [2.45, 2.75) is 26.7 Å². The van der Waals surface area contributed by atoms with Crippen LogP contribution in [0.3, 0.4) is 0 Å². The Balaban J connectivity index is 0.00000341. The van der Waals surface area contributed by atoms with Gasteiger partial charge in [0.25, 0.3) is 5.91 Å². The molecule has 2 amide bonds. The van der Waals surface area contributed by atoms with Gasteiger partial charge in [-0.1, -0.05) is 24.0 Å². The molecule has 7 heteroatoms. The number of nitrogens with two attached hydrogens (primary N) is 1. The molecule has 1 aliphatic rings. The zero-order valence-electron chi connectivity index (χ0n) is 17.8. The predicted octanol–water partition coefficient (Wildman–Crippen LogP) is 3.34. The molecule has 2 aromatic rings. The van der Waals surface area contributed by atoms with Crippen molar-refractivity contribution in [1.82, 2.24) is 4.90 Å². The lowest BCUT2D eigenvalue weighted by molar-refractivity contribution is -0.116. The van der Waals surface area contributed by atoms with Gasteiger partial charge in [0.15, 0.2) is 0 Å². The molecular weight excluding hydrogens is 412 g/mol. The van der Waals surface area contributed by atoms with E-state index >= 15 is 0 Å².